The summed E-state index contributed by atoms with van der Waals surface area (Å²) in [6, 6.07) is 3.67. The average molecular weight is 352 g/mol. The van der Waals surface area contributed by atoms with E-state index in [2.05, 4.69) is 10.6 Å². The molecule has 1 saturated heterocycles. The molecule has 0 radical (unpaired) electrons. The quantitative estimate of drug-likeness (QED) is 0.735. The first-order chi connectivity index (χ1) is 12.1. The van der Waals surface area contributed by atoms with Crippen molar-refractivity contribution in [1.82, 2.24) is 10.6 Å². The van der Waals surface area contributed by atoms with E-state index in [1.165, 1.54) is 0 Å². The van der Waals surface area contributed by atoms with Crippen LogP contribution in [0, 0.1) is 5.41 Å². The number of amides is 1. The molecule has 0 bridgehead atoms. The first kappa shape index (κ1) is 19.3. The van der Waals surface area contributed by atoms with Crippen LogP contribution in [-0.2, 0) is 16.1 Å². The van der Waals surface area contributed by atoms with Gasteiger partial charge < -0.3 is 29.6 Å². The maximum atomic E-state index is 12.8. The third-order valence-electron chi connectivity index (χ3n) is 4.69. The average Bonchev–Trinajstić information content (AvgIpc) is 2.65. The molecule has 1 heterocycles. The lowest BCUT2D eigenvalue weighted by molar-refractivity contribution is -0.136. The topological polar surface area (TPSA) is 78.1 Å². The highest BCUT2D eigenvalue weighted by Gasteiger charge is 2.39. The molecule has 25 heavy (non-hydrogen) atoms. The van der Waals surface area contributed by atoms with Gasteiger partial charge in [0, 0.05) is 19.2 Å². The zero-order valence-electron chi connectivity index (χ0n) is 15.4. The van der Waals surface area contributed by atoms with Crippen LogP contribution in [0.25, 0.3) is 0 Å². The maximum absolute atomic E-state index is 12.8. The Kier molecular flexibility index (Phi) is 6.90. The van der Waals surface area contributed by atoms with Gasteiger partial charge in [-0.25, -0.2) is 0 Å². The van der Waals surface area contributed by atoms with E-state index in [0.717, 1.165) is 31.5 Å². The van der Waals surface area contributed by atoms with Crippen LogP contribution in [0.2, 0.25) is 0 Å². The number of ether oxygens (including phenoxy) is 4. The summed E-state index contributed by atoms with van der Waals surface area (Å²) in [4.78, 5) is 12.8. The smallest absolute Gasteiger partial charge is 0.228 e. The van der Waals surface area contributed by atoms with E-state index in [9.17, 15) is 4.79 Å². The molecule has 0 aromatic heterocycles. The minimum Gasteiger partial charge on any atom is -0.493 e. The van der Waals surface area contributed by atoms with Crippen molar-refractivity contribution in [3.05, 3.63) is 17.7 Å². The lowest BCUT2D eigenvalue weighted by Crippen LogP contribution is -2.50. The molecule has 1 aromatic carbocycles. The summed E-state index contributed by atoms with van der Waals surface area (Å²) in [7, 11) is 6.34. The summed E-state index contributed by atoms with van der Waals surface area (Å²) >= 11 is 0. The minimum atomic E-state index is -0.482. The highest BCUT2D eigenvalue weighted by atomic mass is 16.5. The molecule has 1 aliphatic rings. The Morgan fingerprint density at radius 3 is 2.32 bits per heavy atom. The standard InChI is InChI=1S/C18H28N2O5/c1-22-12-18(7-9-19-10-8-18)17(21)20-11-13-5-6-14(23-2)16(25-4)15(13)24-3/h5-6,19H,7-12H2,1-4H3,(H,20,21). The molecule has 1 aromatic rings. The first-order valence-corrected chi connectivity index (χ1v) is 8.37. The molecule has 1 amide bonds. The number of carbonyl (C=O) groups excluding carboxylic acids is 1. The fraction of sp³-hybridized carbons (Fsp3) is 0.611. The second-order valence-corrected chi connectivity index (χ2v) is 6.14. The number of carbonyl (C=O) groups is 1. The van der Waals surface area contributed by atoms with Gasteiger partial charge in [0.1, 0.15) is 0 Å². The summed E-state index contributed by atoms with van der Waals surface area (Å²) in [6.07, 6.45) is 1.52. The summed E-state index contributed by atoms with van der Waals surface area (Å²) in [5.41, 5.74) is 0.346. The zero-order valence-corrected chi connectivity index (χ0v) is 15.4. The number of piperidine rings is 1. The van der Waals surface area contributed by atoms with Gasteiger partial charge in [-0.05, 0) is 38.1 Å². The van der Waals surface area contributed by atoms with Gasteiger partial charge in [0.25, 0.3) is 0 Å². The van der Waals surface area contributed by atoms with Crippen LogP contribution in [0.15, 0.2) is 12.1 Å². The predicted molar refractivity (Wildman–Crippen MR) is 94.4 cm³/mol. The number of hydrogen-bond donors (Lipinski definition) is 2. The van der Waals surface area contributed by atoms with Crippen LogP contribution < -0.4 is 24.8 Å². The minimum absolute atomic E-state index is 0.00712. The molecule has 2 N–H and O–H groups in total. The summed E-state index contributed by atoms with van der Waals surface area (Å²) in [6.45, 7) is 2.40. The van der Waals surface area contributed by atoms with Crippen molar-refractivity contribution < 1.29 is 23.7 Å². The van der Waals surface area contributed by atoms with E-state index in [1.54, 1.807) is 34.5 Å². The van der Waals surface area contributed by atoms with E-state index in [1.807, 2.05) is 6.07 Å². The van der Waals surface area contributed by atoms with Gasteiger partial charge in [0.05, 0.1) is 33.4 Å². The molecule has 0 saturated carbocycles. The Balaban J connectivity index is 2.15. The molecule has 1 aliphatic heterocycles. The van der Waals surface area contributed by atoms with E-state index in [-0.39, 0.29) is 5.91 Å². The molecule has 7 heteroatoms. The molecule has 0 unspecified atom stereocenters. The van der Waals surface area contributed by atoms with Crippen molar-refractivity contribution in [3.8, 4) is 17.2 Å². The number of nitrogens with one attached hydrogen (secondary N) is 2. The van der Waals surface area contributed by atoms with Crippen molar-refractivity contribution in [3.63, 3.8) is 0 Å². The Bertz CT molecular complexity index is 580. The predicted octanol–water partition coefficient (Wildman–Crippen LogP) is 1.34. The SMILES string of the molecule is COCC1(C(=O)NCc2ccc(OC)c(OC)c2OC)CCNCC1. The molecule has 7 nitrogen and oxygen atoms in total. The Labute approximate surface area is 149 Å². The number of hydrogen-bond acceptors (Lipinski definition) is 6. The Morgan fingerprint density at radius 1 is 1.08 bits per heavy atom. The molecule has 140 valence electrons. The van der Waals surface area contributed by atoms with Crippen molar-refractivity contribution in [2.24, 2.45) is 5.41 Å². The van der Waals surface area contributed by atoms with Crippen LogP contribution in [0.1, 0.15) is 18.4 Å². The van der Waals surface area contributed by atoms with Gasteiger partial charge in [-0.15, -0.1) is 0 Å². The molecule has 0 spiro atoms. The van der Waals surface area contributed by atoms with Crippen LogP contribution in [-0.4, -0.2) is 54.0 Å². The number of rotatable bonds is 8. The fourth-order valence-corrected chi connectivity index (χ4v) is 3.28. The first-order valence-electron chi connectivity index (χ1n) is 8.37. The monoisotopic (exact) mass is 352 g/mol. The molecule has 0 aliphatic carbocycles. The van der Waals surface area contributed by atoms with Crippen molar-refractivity contribution in [1.29, 1.82) is 0 Å². The number of benzene rings is 1. The van der Waals surface area contributed by atoms with Crippen LogP contribution in [0.5, 0.6) is 17.2 Å². The van der Waals surface area contributed by atoms with Gasteiger partial charge in [-0.3, -0.25) is 4.79 Å². The Hall–Kier alpha value is -1.99. The molecular formula is C18H28N2O5. The summed E-state index contributed by atoms with van der Waals surface area (Å²) in [5.74, 6) is 1.68. The van der Waals surface area contributed by atoms with E-state index in [0.29, 0.717) is 30.4 Å². The van der Waals surface area contributed by atoms with Crippen LogP contribution in [0.4, 0.5) is 0 Å². The molecule has 0 atom stereocenters. The second-order valence-electron chi connectivity index (χ2n) is 6.14. The van der Waals surface area contributed by atoms with Gasteiger partial charge in [-0.2, -0.15) is 0 Å². The van der Waals surface area contributed by atoms with Gasteiger partial charge >= 0.3 is 0 Å². The van der Waals surface area contributed by atoms with Gasteiger partial charge in [0.15, 0.2) is 11.5 Å². The highest BCUT2D eigenvalue weighted by molar-refractivity contribution is 5.83. The van der Waals surface area contributed by atoms with E-state index >= 15 is 0 Å². The van der Waals surface area contributed by atoms with E-state index < -0.39 is 5.41 Å². The van der Waals surface area contributed by atoms with Crippen molar-refractivity contribution >= 4 is 5.91 Å². The maximum Gasteiger partial charge on any atom is 0.228 e. The fourth-order valence-electron chi connectivity index (χ4n) is 3.28. The lowest BCUT2D eigenvalue weighted by atomic mass is 9.78. The van der Waals surface area contributed by atoms with Gasteiger partial charge in [-0.1, -0.05) is 0 Å². The lowest BCUT2D eigenvalue weighted by Gasteiger charge is -2.35. The highest BCUT2D eigenvalue weighted by Crippen LogP contribution is 2.39. The largest absolute Gasteiger partial charge is 0.493 e. The third kappa shape index (κ3) is 4.16. The van der Waals surface area contributed by atoms with Crippen LogP contribution in [0.3, 0.4) is 0 Å². The zero-order chi connectivity index (χ0) is 18.3. The molecule has 2 rings (SSSR count). The summed E-state index contributed by atoms with van der Waals surface area (Å²) in [5, 5.41) is 6.32. The Morgan fingerprint density at radius 2 is 1.76 bits per heavy atom. The second kappa shape index (κ2) is 8.92. The van der Waals surface area contributed by atoms with E-state index in [4.69, 9.17) is 18.9 Å². The van der Waals surface area contributed by atoms with Crippen molar-refractivity contribution in [2.75, 3.05) is 48.1 Å². The summed E-state index contributed by atoms with van der Waals surface area (Å²) < 4.78 is 21.5. The normalized spacial score (nSPS) is 16.2. The third-order valence-corrected chi connectivity index (χ3v) is 4.69. The van der Waals surface area contributed by atoms with Crippen LogP contribution >= 0.6 is 0 Å². The molecular weight excluding hydrogens is 324 g/mol. The van der Waals surface area contributed by atoms with Gasteiger partial charge in [0.2, 0.25) is 11.7 Å². The van der Waals surface area contributed by atoms with Crippen molar-refractivity contribution in [2.45, 2.75) is 19.4 Å². The number of methoxy groups -OCH3 is 4. The molecule has 1 fully saturated rings.